The Morgan fingerprint density at radius 1 is 1.19 bits per heavy atom. The number of aliphatic imine (C=N–C) groups is 1. The standard InChI is InChI=1S/C21H35N3O2S/c1-4-22-21(24-17(2)10-11-18-8-6-5-7-9-18)23-16-19-12-14-20(15-13-19)27(3,25)26/h12-15,17-18H,4-11,16H2,1-3H3,(H2,22,23,24). The van der Waals surface area contributed by atoms with Crippen LogP contribution in [-0.4, -0.2) is 33.2 Å². The lowest BCUT2D eigenvalue weighted by molar-refractivity contribution is 0.322. The quantitative estimate of drug-likeness (QED) is 0.519. The van der Waals surface area contributed by atoms with Crippen LogP contribution in [0.1, 0.15) is 64.4 Å². The minimum Gasteiger partial charge on any atom is -0.357 e. The fourth-order valence-corrected chi connectivity index (χ4v) is 4.23. The van der Waals surface area contributed by atoms with E-state index in [4.69, 9.17) is 0 Å². The van der Waals surface area contributed by atoms with Gasteiger partial charge < -0.3 is 10.6 Å². The third-order valence-corrected chi connectivity index (χ3v) is 6.36. The number of nitrogens with one attached hydrogen (secondary N) is 2. The van der Waals surface area contributed by atoms with Gasteiger partial charge >= 0.3 is 0 Å². The Morgan fingerprint density at radius 2 is 1.85 bits per heavy atom. The summed E-state index contributed by atoms with van der Waals surface area (Å²) in [6, 6.07) is 7.34. The third kappa shape index (κ3) is 7.91. The Kier molecular flexibility index (Phi) is 8.61. The molecule has 1 aliphatic carbocycles. The number of hydrogen-bond acceptors (Lipinski definition) is 3. The zero-order valence-corrected chi connectivity index (χ0v) is 17.8. The van der Waals surface area contributed by atoms with E-state index in [9.17, 15) is 8.42 Å². The Bertz CT molecular complexity index is 693. The van der Waals surface area contributed by atoms with Crippen LogP contribution in [0.2, 0.25) is 0 Å². The lowest BCUT2D eigenvalue weighted by Gasteiger charge is -2.24. The first kappa shape index (κ1) is 21.7. The molecule has 1 fully saturated rings. The van der Waals surface area contributed by atoms with E-state index in [0.717, 1.165) is 30.4 Å². The predicted octanol–water partition coefficient (Wildman–Crippen LogP) is 3.89. The highest BCUT2D eigenvalue weighted by Crippen LogP contribution is 2.27. The van der Waals surface area contributed by atoms with Crippen molar-refractivity contribution in [2.24, 2.45) is 10.9 Å². The average Bonchev–Trinajstić information content (AvgIpc) is 2.65. The Morgan fingerprint density at radius 3 is 2.44 bits per heavy atom. The lowest BCUT2D eigenvalue weighted by Crippen LogP contribution is -2.42. The highest BCUT2D eigenvalue weighted by atomic mass is 32.2. The summed E-state index contributed by atoms with van der Waals surface area (Å²) in [5.41, 5.74) is 0.995. The monoisotopic (exact) mass is 393 g/mol. The maximum atomic E-state index is 11.5. The van der Waals surface area contributed by atoms with E-state index in [-0.39, 0.29) is 0 Å². The summed E-state index contributed by atoms with van der Waals surface area (Å²) in [7, 11) is -3.15. The van der Waals surface area contributed by atoms with Gasteiger partial charge in [0, 0.05) is 18.8 Å². The third-order valence-electron chi connectivity index (χ3n) is 5.23. The van der Waals surface area contributed by atoms with Gasteiger partial charge in [0.2, 0.25) is 0 Å². The van der Waals surface area contributed by atoms with Crippen LogP contribution in [0.3, 0.4) is 0 Å². The molecule has 0 spiro atoms. The molecule has 1 aliphatic rings. The van der Waals surface area contributed by atoms with Crippen LogP contribution in [0, 0.1) is 5.92 Å². The van der Waals surface area contributed by atoms with Gasteiger partial charge in [-0.3, -0.25) is 0 Å². The van der Waals surface area contributed by atoms with Gasteiger partial charge in [0.25, 0.3) is 0 Å². The summed E-state index contributed by atoms with van der Waals surface area (Å²) < 4.78 is 23.1. The molecule has 0 aromatic heterocycles. The minimum atomic E-state index is -3.15. The lowest BCUT2D eigenvalue weighted by atomic mass is 9.85. The minimum absolute atomic E-state index is 0.344. The summed E-state index contributed by atoms with van der Waals surface area (Å²) in [5.74, 6) is 1.72. The highest BCUT2D eigenvalue weighted by molar-refractivity contribution is 7.90. The molecular formula is C21H35N3O2S. The van der Waals surface area contributed by atoms with Gasteiger partial charge in [0.05, 0.1) is 11.4 Å². The number of nitrogens with zero attached hydrogens (tertiary/aromatic N) is 1. The van der Waals surface area contributed by atoms with Gasteiger partial charge in [-0.15, -0.1) is 0 Å². The van der Waals surface area contributed by atoms with Gasteiger partial charge in [0.1, 0.15) is 0 Å². The van der Waals surface area contributed by atoms with Crippen molar-refractivity contribution in [3.8, 4) is 0 Å². The van der Waals surface area contributed by atoms with Crippen LogP contribution in [0.25, 0.3) is 0 Å². The summed E-state index contributed by atoms with van der Waals surface area (Å²) in [6.07, 6.45) is 10.7. The predicted molar refractivity (Wildman–Crippen MR) is 113 cm³/mol. The first-order chi connectivity index (χ1) is 12.9. The molecule has 1 unspecified atom stereocenters. The summed E-state index contributed by atoms with van der Waals surface area (Å²) in [4.78, 5) is 5.00. The number of sulfone groups is 1. The molecule has 0 saturated heterocycles. The molecule has 0 bridgehead atoms. The molecule has 27 heavy (non-hydrogen) atoms. The summed E-state index contributed by atoms with van der Waals surface area (Å²) in [6.45, 7) is 5.62. The van der Waals surface area contributed by atoms with Crippen molar-refractivity contribution in [1.82, 2.24) is 10.6 Å². The normalized spacial score (nSPS) is 17.5. The van der Waals surface area contributed by atoms with E-state index in [2.05, 4.69) is 29.5 Å². The maximum absolute atomic E-state index is 11.5. The smallest absolute Gasteiger partial charge is 0.191 e. The molecule has 1 aromatic rings. The molecule has 152 valence electrons. The zero-order valence-electron chi connectivity index (χ0n) is 17.0. The second-order valence-corrected chi connectivity index (χ2v) is 9.75. The number of guanidine groups is 1. The topological polar surface area (TPSA) is 70.6 Å². The van der Waals surface area contributed by atoms with E-state index in [0.29, 0.717) is 17.5 Å². The number of rotatable bonds is 8. The Balaban J connectivity index is 1.87. The summed E-state index contributed by atoms with van der Waals surface area (Å²) >= 11 is 0. The van der Waals surface area contributed by atoms with Gasteiger partial charge in [0.15, 0.2) is 15.8 Å². The second-order valence-electron chi connectivity index (χ2n) is 7.74. The molecule has 0 amide bonds. The first-order valence-electron chi connectivity index (χ1n) is 10.2. The number of hydrogen-bond donors (Lipinski definition) is 2. The summed E-state index contributed by atoms with van der Waals surface area (Å²) in [5, 5.41) is 6.81. The van der Waals surface area contributed by atoms with Crippen LogP contribution < -0.4 is 10.6 Å². The van der Waals surface area contributed by atoms with Crippen molar-refractivity contribution in [2.75, 3.05) is 12.8 Å². The van der Waals surface area contributed by atoms with Gasteiger partial charge in [-0.1, -0.05) is 44.2 Å². The average molecular weight is 394 g/mol. The van der Waals surface area contributed by atoms with E-state index in [1.807, 2.05) is 12.1 Å². The zero-order chi connectivity index (χ0) is 19.7. The maximum Gasteiger partial charge on any atom is 0.191 e. The molecule has 0 aliphatic heterocycles. The fraction of sp³-hybridized carbons (Fsp3) is 0.667. The molecule has 2 N–H and O–H groups in total. The molecular weight excluding hydrogens is 358 g/mol. The van der Waals surface area contributed by atoms with Gasteiger partial charge in [-0.05, 0) is 50.3 Å². The van der Waals surface area contributed by atoms with E-state index < -0.39 is 9.84 Å². The van der Waals surface area contributed by atoms with Crippen LogP contribution in [0.4, 0.5) is 0 Å². The van der Waals surface area contributed by atoms with E-state index in [1.54, 1.807) is 12.1 Å². The van der Waals surface area contributed by atoms with E-state index in [1.165, 1.54) is 44.8 Å². The van der Waals surface area contributed by atoms with Crippen molar-refractivity contribution in [2.45, 2.75) is 76.3 Å². The van der Waals surface area contributed by atoms with Crippen LogP contribution in [0.5, 0.6) is 0 Å². The number of benzene rings is 1. The van der Waals surface area contributed by atoms with Crippen molar-refractivity contribution in [1.29, 1.82) is 0 Å². The molecule has 1 atom stereocenters. The Hall–Kier alpha value is -1.56. The fourth-order valence-electron chi connectivity index (χ4n) is 3.60. The molecule has 5 nitrogen and oxygen atoms in total. The van der Waals surface area contributed by atoms with E-state index >= 15 is 0 Å². The first-order valence-corrected chi connectivity index (χ1v) is 12.1. The second kappa shape index (κ2) is 10.7. The van der Waals surface area contributed by atoms with Crippen LogP contribution in [0.15, 0.2) is 34.2 Å². The SMILES string of the molecule is CCNC(=NCc1ccc(S(C)(=O)=O)cc1)NC(C)CCC1CCCCC1. The Labute approximate surface area is 165 Å². The van der Waals surface area contributed by atoms with Crippen molar-refractivity contribution < 1.29 is 8.42 Å². The highest BCUT2D eigenvalue weighted by Gasteiger charge is 2.15. The molecule has 1 aromatic carbocycles. The largest absolute Gasteiger partial charge is 0.357 e. The van der Waals surface area contributed by atoms with Gasteiger partial charge in [-0.2, -0.15) is 0 Å². The molecule has 1 saturated carbocycles. The molecule has 0 heterocycles. The van der Waals surface area contributed by atoms with Crippen molar-refractivity contribution in [3.63, 3.8) is 0 Å². The molecule has 0 radical (unpaired) electrons. The van der Waals surface area contributed by atoms with Crippen molar-refractivity contribution >= 4 is 15.8 Å². The molecule has 2 rings (SSSR count). The van der Waals surface area contributed by atoms with Crippen molar-refractivity contribution in [3.05, 3.63) is 29.8 Å². The van der Waals surface area contributed by atoms with Crippen LogP contribution >= 0.6 is 0 Å². The van der Waals surface area contributed by atoms with Crippen LogP contribution in [-0.2, 0) is 16.4 Å². The van der Waals surface area contributed by atoms with Gasteiger partial charge in [-0.25, -0.2) is 13.4 Å². The molecule has 6 heteroatoms.